The first-order chi connectivity index (χ1) is 17.1. The zero-order valence-electron chi connectivity index (χ0n) is 19.1. The summed E-state index contributed by atoms with van der Waals surface area (Å²) in [6, 6.07) is 18.9. The molecule has 0 saturated heterocycles. The first kappa shape index (κ1) is 24.6. The van der Waals surface area contributed by atoms with E-state index in [9.17, 15) is 26.7 Å². The van der Waals surface area contributed by atoms with Crippen LogP contribution in [0.3, 0.4) is 0 Å². The lowest BCUT2D eigenvalue weighted by Gasteiger charge is -2.35. The Balaban J connectivity index is 1.39. The molecule has 3 aromatic rings. The number of hydrogen-bond acceptors (Lipinski definition) is 5. The van der Waals surface area contributed by atoms with Crippen LogP contribution in [0.15, 0.2) is 77.7 Å². The highest BCUT2D eigenvalue weighted by atomic mass is 32.2. The molecular weight excluding hydrogens is 493 g/mol. The number of halogens is 3. The minimum Gasteiger partial charge on any atom is -0.406 e. The fourth-order valence-corrected chi connectivity index (χ4v) is 6.42. The number of nitrogens with one attached hydrogen (secondary N) is 1. The molecular formula is C26H25F3N2O4S. The summed E-state index contributed by atoms with van der Waals surface area (Å²) in [6.45, 7) is 0. The quantitative estimate of drug-likeness (QED) is 0.512. The highest BCUT2D eigenvalue weighted by Gasteiger charge is 2.42. The number of fused-ring (bicyclic) bond motifs is 2. The first-order valence-corrected chi connectivity index (χ1v) is 13.1. The van der Waals surface area contributed by atoms with E-state index in [1.807, 2.05) is 36.4 Å². The summed E-state index contributed by atoms with van der Waals surface area (Å²) in [5.74, 6) is -0.513. The van der Waals surface area contributed by atoms with Gasteiger partial charge >= 0.3 is 6.36 Å². The maximum Gasteiger partial charge on any atom is 0.573 e. The topological polar surface area (TPSA) is 78.9 Å². The van der Waals surface area contributed by atoms with Gasteiger partial charge in [0, 0.05) is 11.4 Å². The van der Waals surface area contributed by atoms with Gasteiger partial charge in [0.05, 0.1) is 23.1 Å². The van der Waals surface area contributed by atoms with Gasteiger partial charge in [-0.15, -0.1) is 13.2 Å². The van der Waals surface area contributed by atoms with Crippen LogP contribution in [0.25, 0.3) is 0 Å². The number of sulfonamides is 1. The summed E-state index contributed by atoms with van der Waals surface area (Å²) in [6.07, 6.45) is -3.21. The van der Waals surface area contributed by atoms with Gasteiger partial charge in [-0.2, -0.15) is 0 Å². The Hall–Kier alpha value is -3.08. The molecule has 190 valence electrons. The lowest BCUT2D eigenvalue weighted by molar-refractivity contribution is -0.274. The molecule has 2 N–H and O–H groups in total. The molecule has 3 atom stereocenters. The Morgan fingerprint density at radius 1 is 0.861 bits per heavy atom. The van der Waals surface area contributed by atoms with Crippen molar-refractivity contribution in [3.63, 3.8) is 0 Å². The molecule has 0 amide bonds. The minimum absolute atomic E-state index is 0.210. The van der Waals surface area contributed by atoms with Crippen molar-refractivity contribution < 1.29 is 31.4 Å². The smallest absolute Gasteiger partial charge is 0.406 e. The van der Waals surface area contributed by atoms with Crippen molar-refractivity contribution in [1.29, 1.82) is 0 Å². The van der Waals surface area contributed by atoms with E-state index in [0.717, 1.165) is 59.6 Å². The van der Waals surface area contributed by atoms with E-state index < -0.39 is 34.3 Å². The Morgan fingerprint density at radius 3 is 1.97 bits per heavy atom. The van der Waals surface area contributed by atoms with Crippen LogP contribution in [0.5, 0.6) is 5.75 Å². The number of anilines is 2. The molecule has 10 heteroatoms. The molecule has 3 unspecified atom stereocenters. The normalized spacial score (nSPS) is 22.0. The van der Waals surface area contributed by atoms with Crippen molar-refractivity contribution in [3.8, 4) is 5.75 Å². The number of rotatable bonds is 5. The third-order valence-corrected chi connectivity index (χ3v) is 8.26. The van der Waals surface area contributed by atoms with Gasteiger partial charge in [-0.1, -0.05) is 36.4 Å². The molecule has 6 nitrogen and oxygen atoms in total. The summed E-state index contributed by atoms with van der Waals surface area (Å²) < 4.78 is 69.5. The molecule has 0 spiro atoms. The first-order valence-electron chi connectivity index (χ1n) is 11.6. The van der Waals surface area contributed by atoms with E-state index >= 15 is 0 Å². The van der Waals surface area contributed by atoms with Crippen molar-refractivity contribution in [2.45, 2.75) is 55.1 Å². The number of para-hydroxylation sites is 2. The van der Waals surface area contributed by atoms with Gasteiger partial charge in [0.25, 0.3) is 0 Å². The van der Waals surface area contributed by atoms with E-state index in [1.165, 1.54) is 0 Å². The standard InChI is InChI=1S/C26H25F3N2O4S/c27-26(28,29)35-19-11-13-20(14-12-19)36(33,34)30-21-15-16-24(25(21)32)31-22-7-3-1-5-17(22)9-10-18-6-2-4-8-23(18)31/h1-8,11-14,21,24-25,30,32H,9-10,15-16H2. The van der Waals surface area contributed by atoms with Crippen molar-refractivity contribution in [3.05, 3.63) is 83.9 Å². The van der Waals surface area contributed by atoms with Crippen LogP contribution >= 0.6 is 0 Å². The van der Waals surface area contributed by atoms with E-state index in [2.05, 4.69) is 26.5 Å². The van der Waals surface area contributed by atoms with Crippen LogP contribution in [0.4, 0.5) is 24.5 Å². The fourth-order valence-electron chi connectivity index (χ4n) is 5.13. The number of nitrogens with zero attached hydrogens (tertiary/aromatic N) is 1. The largest absolute Gasteiger partial charge is 0.573 e. The second kappa shape index (κ2) is 9.42. The van der Waals surface area contributed by atoms with Crippen molar-refractivity contribution >= 4 is 21.4 Å². The number of ether oxygens (including phenoxy) is 1. The van der Waals surface area contributed by atoms with Gasteiger partial charge in [0.1, 0.15) is 5.75 Å². The molecule has 36 heavy (non-hydrogen) atoms. The zero-order chi connectivity index (χ0) is 25.5. The molecule has 0 radical (unpaired) electrons. The molecule has 1 heterocycles. The van der Waals surface area contributed by atoms with Gasteiger partial charge in [-0.3, -0.25) is 0 Å². The van der Waals surface area contributed by atoms with Crippen LogP contribution in [0.2, 0.25) is 0 Å². The fraction of sp³-hybridized carbons (Fsp3) is 0.308. The number of alkyl halides is 3. The average molecular weight is 519 g/mol. The van der Waals surface area contributed by atoms with Gasteiger partial charge in [0.15, 0.2) is 0 Å². The lowest BCUT2D eigenvalue weighted by Crippen LogP contribution is -2.47. The molecule has 0 bridgehead atoms. The molecule has 0 aromatic heterocycles. The summed E-state index contributed by atoms with van der Waals surface area (Å²) in [5, 5.41) is 11.3. The van der Waals surface area contributed by atoms with Gasteiger partial charge < -0.3 is 14.7 Å². The van der Waals surface area contributed by atoms with Crippen LogP contribution in [-0.4, -0.2) is 38.1 Å². The van der Waals surface area contributed by atoms with E-state index in [4.69, 9.17) is 0 Å². The molecule has 2 aliphatic rings. The van der Waals surface area contributed by atoms with E-state index in [0.29, 0.717) is 12.8 Å². The minimum atomic E-state index is -4.87. The van der Waals surface area contributed by atoms with Gasteiger partial charge in [-0.25, -0.2) is 13.1 Å². The molecule has 1 fully saturated rings. The molecule has 1 aliphatic carbocycles. The Kier molecular flexibility index (Phi) is 6.44. The molecule has 3 aromatic carbocycles. The maximum absolute atomic E-state index is 13.0. The van der Waals surface area contributed by atoms with Crippen molar-refractivity contribution in [1.82, 2.24) is 4.72 Å². The number of aryl methyl sites for hydroxylation is 2. The van der Waals surface area contributed by atoms with Crippen LogP contribution in [-0.2, 0) is 22.9 Å². The predicted octanol–water partition coefficient (Wildman–Crippen LogP) is 4.69. The Labute approximate surface area is 207 Å². The summed E-state index contributed by atoms with van der Waals surface area (Å²) in [7, 11) is -4.08. The molecule has 1 aliphatic heterocycles. The van der Waals surface area contributed by atoms with E-state index in [-0.39, 0.29) is 10.9 Å². The second-order valence-electron chi connectivity index (χ2n) is 9.01. The number of aliphatic hydroxyl groups excluding tert-OH is 1. The van der Waals surface area contributed by atoms with Crippen molar-refractivity contribution in [2.75, 3.05) is 4.90 Å². The summed E-state index contributed by atoms with van der Waals surface area (Å²) >= 11 is 0. The van der Waals surface area contributed by atoms with Crippen LogP contribution in [0, 0.1) is 0 Å². The second-order valence-corrected chi connectivity index (χ2v) is 10.7. The van der Waals surface area contributed by atoms with Crippen LogP contribution in [0.1, 0.15) is 24.0 Å². The predicted molar refractivity (Wildman–Crippen MR) is 129 cm³/mol. The maximum atomic E-state index is 13.0. The van der Waals surface area contributed by atoms with Crippen molar-refractivity contribution in [2.24, 2.45) is 0 Å². The average Bonchev–Trinajstić information content (AvgIpc) is 3.08. The SMILES string of the molecule is O=S(=O)(NC1CCC(N2c3ccccc3CCc3ccccc32)C1O)c1ccc(OC(F)(F)F)cc1. The van der Waals surface area contributed by atoms with Crippen LogP contribution < -0.4 is 14.4 Å². The summed E-state index contributed by atoms with van der Waals surface area (Å²) in [5.41, 5.74) is 4.31. The lowest BCUT2D eigenvalue weighted by atomic mass is 10.0. The molecule has 1 saturated carbocycles. The zero-order valence-corrected chi connectivity index (χ0v) is 20.0. The van der Waals surface area contributed by atoms with Gasteiger partial charge in [0.2, 0.25) is 10.0 Å². The Bertz CT molecular complexity index is 1300. The Morgan fingerprint density at radius 2 is 1.42 bits per heavy atom. The molecule has 5 rings (SSSR count). The third-order valence-electron chi connectivity index (χ3n) is 6.75. The van der Waals surface area contributed by atoms with Gasteiger partial charge in [-0.05, 0) is 73.2 Å². The summed E-state index contributed by atoms with van der Waals surface area (Å²) in [4.78, 5) is 1.91. The monoisotopic (exact) mass is 518 g/mol. The highest BCUT2D eigenvalue weighted by molar-refractivity contribution is 7.89. The number of benzene rings is 3. The van der Waals surface area contributed by atoms with E-state index in [1.54, 1.807) is 0 Å². The number of hydrogen-bond donors (Lipinski definition) is 2. The highest BCUT2D eigenvalue weighted by Crippen LogP contribution is 2.41. The number of aliphatic hydroxyl groups is 1. The third kappa shape index (κ3) is 4.93.